The van der Waals surface area contributed by atoms with Gasteiger partial charge in [0, 0.05) is 45.1 Å². The Balaban J connectivity index is 2.49. The number of amides is 1. The van der Waals surface area contributed by atoms with Crippen molar-refractivity contribution in [2.24, 2.45) is 11.8 Å². The summed E-state index contributed by atoms with van der Waals surface area (Å²) < 4.78 is 5.78. The Hall–Kier alpha value is -1.18. The van der Waals surface area contributed by atoms with Gasteiger partial charge in [-0.1, -0.05) is 150 Å². The number of rotatable bonds is 42. The van der Waals surface area contributed by atoms with Gasteiger partial charge in [-0.2, -0.15) is 0 Å². The van der Waals surface area contributed by atoms with Gasteiger partial charge in [0.15, 0.2) is 0 Å². The SMILES string of the molecule is CCCCCCC(CCCCCC)CC(=O)NCCCCCN(CCCCCOC(=O)CC(CCCCCC)CCCCCC)CCN(CCO)C1CCCC1. The van der Waals surface area contributed by atoms with Crippen LogP contribution in [0.3, 0.4) is 0 Å². The minimum absolute atomic E-state index is 0.0133. The molecule has 0 aromatic rings. The van der Waals surface area contributed by atoms with Crippen LogP contribution in [0.4, 0.5) is 0 Å². The Morgan fingerprint density at radius 2 is 1.05 bits per heavy atom. The molecule has 1 aliphatic rings. The Kier molecular flexibility index (Phi) is 37.1. The van der Waals surface area contributed by atoms with Crippen molar-refractivity contribution in [3.63, 3.8) is 0 Å². The largest absolute Gasteiger partial charge is 0.466 e. The molecule has 332 valence electrons. The summed E-state index contributed by atoms with van der Waals surface area (Å²) in [5, 5.41) is 13.1. The van der Waals surface area contributed by atoms with Crippen LogP contribution in [0.5, 0.6) is 0 Å². The number of unbranched alkanes of at least 4 members (excludes halogenated alkanes) is 16. The van der Waals surface area contributed by atoms with Gasteiger partial charge in [0.2, 0.25) is 5.91 Å². The Bertz CT molecular complexity index is 788. The van der Waals surface area contributed by atoms with E-state index >= 15 is 0 Å². The molecule has 0 radical (unpaired) electrons. The number of ether oxygens (including phenoxy) is 1. The normalized spacial score (nSPS) is 13.6. The topological polar surface area (TPSA) is 82.1 Å². The van der Waals surface area contributed by atoms with Crippen LogP contribution in [-0.2, 0) is 14.3 Å². The standard InChI is InChI=1S/C49H97N3O4/c1-5-9-13-19-29-45(30-20-14-10-6-2)43-48(54)50-35-25-17-26-36-51(38-39-52(40-41-53)47-33-23-24-34-47)37-27-18-28-42-56-49(55)44-46(31-21-15-11-7-3)32-22-16-12-8-4/h45-47,53H,5-44H2,1-4H3,(H,50,54). The fraction of sp³-hybridized carbons (Fsp3) is 0.959. The first-order valence-electron chi connectivity index (χ1n) is 25.0. The maximum Gasteiger partial charge on any atom is 0.306 e. The van der Waals surface area contributed by atoms with Crippen molar-refractivity contribution in [1.29, 1.82) is 0 Å². The highest BCUT2D eigenvalue weighted by Gasteiger charge is 2.22. The second kappa shape index (κ2) is 39.3. The molecule has 7 nitrogen and oxygen atoms in total. The predicted molar refractivity (Wildman–Crippen MR) is 240 cm³/mol. The van der Waals surface area contributed by atoms with Gasteiger partial charge in [-0.05, 0) is 95.6 Å². The zero-order chi connectivity index (χ0) is 40.7. The molecule has 0 aromatic heterocycles. The van der Waals surface area contributed by atoms with Crippen LogP contribution in [0.2, 0.25) is 0 Å². The number of esters is 1. The Labute approximate surface area is 349 Å². The molecular weight excluding hydrogens is 695 g/mol. The monoisotopic (exact) mass is 792 g/mol. The second-order valence-corrected chi connectivity index (χ2v) is 17.8. The average Bonchev–Trinajstić information content (AvgIpc) is 3.74. The Morgan fingerprint density at radius 3 is 1.55 bits per heavy atom. The lowest BCUT2D eigenvalue weighted by molar-refractivity contribution is -0.145. The van der Waals surface area contributed by atoms with Crippen molar-refractivity contribution in [2.75, 3.05) is 52.5 Å². The molecular formula is C49H97N3O4. The molecule has 0 heterocycles. The number of nitrogens with one attached hydrogen (secondary N) is 1. The predicted octanol–water partition coefficient (Wildman–Crippen LogP) is 12.4. The summed E-state index contributed by atoms with van der Waals surface area (Å²) in [5.41, 5.74) is 0. The van der Waals surface area contributed by atoms with E-state index in [1.165, 1.54) is 154 Å². The van der Waals surface area contributed by atoms with E-state index in [1.54, 1.807) is 0 Å². The van der Waals surface area contributed by atoms with Crippen LogP contribution in [0.15, 0.2) is 0 Å². The third-order valence-corrected chi connectivity index (χ3v) is 12.6. The summed E-state index contributed by atoms with van der Waals surface area (Å²) in [5.74, 6) is 1.30. The highest BCUT2D eigenvalue weighted by molar-refractivity contribution is 5.76. The molecule has 0 saturated heterocycles. The quantitative estimate of drug-likeness (QED) is 0.0473. The molecule has 1 saturated carbocycles. The lowest BCUT2D eigenvalue weighted by Gasteiger charge is -2.31. The van der Waals surface area contributed by atoms with Crippen molar-refractivity contribution in [3.8, 4) is 0 Å². The van der Waals surface area contributed by atoms with Gasteiger partial charge in [-0.25, -0.2) is 0 Å². The van der Waals surface area contributed by atoms with Crippen LogP contribution in [0.1, 0.15) is 233 Å². The first-order valence-corrected chi connectivity index (χ1v) is 25.0. The first-order chi connectivity index (χ1) is 27.5. The van der Waals surface area contributed by atoms with Crippen molar-refractivity contribution in [1.82, 2.24) is 15.1 Å². The average molecular weight is 792 g/mol. The van der Waals surface area contributed by atoms with Crippen LogP contribution in [-0.4, -0.2) is 85.3 Å². The fourth-order valence-electron chi connectivity index (χ4n) is 8.91. The van der Waals surface area contributed by atoms with Crippen LogP contribution >= 0.6 is 0 Å². The molecule has 1 amide bonds. The molecule has 0 bridgehead atoms. The molecule has 0 aromatic carbocycles. The van der Waals surface area contributed by atoms with E-state index in [0.29, 0.717) is 37.3 Å². The number of aliphatic hydroxyl groups is 1. The first kappa shape index (κ1) is 52.8. The highest BCUT2D eigenvalue weighted by atomic mass is 16.5. The maximum atomic E-state index is 12.9. The second-order valence-electron chi connectivity index (χ2n) is 17.8. The number of carbonyl (C=O) groups is 2. The number of aliphatic hydroxyl groups excluding tert-OH is 1. The van der Waals surface area contributed by atoms with E-state index in [4.69, 9.17) is 4.74 Å². The van der Waals surface area contributed by atoms with Gasteiger partial charge in [-0.3, -0.25) is 14.5 Å². The summed E-state index contributed by atoms with van der Waals surface area (Å²) in [4.78, 5) is 30.9. The summed E-state index contributed by atoms with van der Waals surface area (Å²) in [6.07, 6.45) is 38.1. The summed E-state index contributed by atoms with van der Waals surface area (Å²) in [6, 6.07) is 0.627. The van der Waals surface area contributed by atoms with Crippen molar-refractivity contribution < 1.29 is 19.4 Å². The van der Waals surface area contributed by atoms with Gasteiger partial charge < -0.3 is 20.1 Å². The zero-order valence-electron chi connectivity index (χ0n) is 38.1. The van der Waals surface area contributed by atoms with Gasteiger partial charge in [-0.15, -0.1) is 0 Å². The van der Waals surface area contributed by atoms with E-state index in [0.717, 1.165) is 77.8 Å². The third-order valence-electron chi connectivity index (χ3n) is 12.6. The fourth-order valence-corrected chi connectivity index (χ4v) is 8.91. The molecule has 2 N–H and O–H groups in total. The van der Waals surface area contributed by atoms with E-state index in [9.17, 15) is 14.7 Å². The molecule has 0 spiro atoms. The van der Waals surface area contributed by atoms with E-state index in [1.807, 2.05) is 0 Å². The summed E-state index contributed by atoms with van der Waals surface area (Å²) in [6.45, 7) is 15.6. The van der Waals surface area contributed by atoms with Crippen molar-refractivity contribution in [3.05, 3.63) is 0 Å². The van der Waals surface area contributed by atoms with Crippen LogP contribution < -0.4 is 5.32 Å². The summed E-state index contributed by atoms with van der Waals surface area (Å²) in [7, 11) is 0. The molecule has 1 fully saturated rings. The minimum Gasteiger partial charge on any atom is -0.466 e. The molecule has 1 aliphatic carbocycles. The highest BCUT2D eigenvalue weighted by Crippen LogP contribution is 2.25. The van der Waals surface area contributed by atoms with Gasteiger partial charge in [0.1, 0.15) is 0 Å². The minimum atomic E-state index is 0.0133. The molecule has 56 heavy (non-hydrogen) atoms. The maximum absolute atomic E-state index is 12.9. The molecule has 0 aliphatic heterocycles. The number of nitrogens with zero attached hydrogens (tertiary/aromatic N) is 2. The van der Waals surface area contributed by atoms with Crippen LogP contribution in [0, 0.1) is 11.8 Å². The smallest absolute Gasteiger partial charge is 0.306 e. The Morgan fingerprint density at radius 1 is 0.571 bits per heavy atom. The lowest BCUT2D eigenvalue weighted by Crippen LogP contribution is -2.42. The lowest BCUT2D eigenvalue weighted by atomic mass is 9.91. The van der Waals surface area contributed by atoms with Gasteiger partial charge >= 0.3 is 5.97 Å². The van der Waals surface area contributed by atoms with E-state index in [-0.39, 0.29) is 18.5 Å². The summed E-state index contributed by atoms with van der Waals surface area (Å²) >= 11 is 0. The van der Waals surface area contributed by atoms with Crippen molar-refractivity contribution >= 4 is 11.9 Å². The van der Waals surface area contributed by atoms with E-state index < -0.39 is 0 Å². The molecule has 7 heteroatoms. The van der Waals surface area contributed by atoms with Gasteiger partial charge in [0.05, 0.1) is 13.2 Å². The molecule has 1 rings (SSSR count). The zero-order valence-corrected chi connectivity index (χ0v) is 38.1. The van der Waals surface area contributed by atoms with Crippen molar-refractivity contribution in [2.45, 2.75) is 239 Å². The number of carbonyl (C=O) groups excluding carboxylic acids is 2. The van der Waals surface area contributed by atoms with Crippen LogP contribution in [0.25, 0.3) is 0 Å². The molecule has 0 atom stereocenters. The number of hydrogen-bond acceptors (Lipinski definition) is 6. The van der Waals surface area contributed by atoms with E-state index in [2.05, 4.69) is 42.8 Å². The third kappa shape index (κ3) is 30.8. The molecule has 0 unspecified atom stereocenters. The number of hydrogen-bond donors (Lipinski definition) is 2. The van der Waals surface area contributed by atoms with Gasteiger partial charge in [0.25, 0.3) is 0 Å².